The van der Waals surface area contributed by atoms with Crippen LogP contribution in [0.15, 0.2) is 72.8 Å². The number of amides is 1. The van der Waals surface area contributed by atoms with Gasteiger partial charge in [0.15, 0.2) is 5.82 Å². The van der Waals surface area contributed by atoms with Crippen molar-refractivity contribution in [2.75, 3.05) is 5.32 Å². The largest absolute Gasteiger partial charge is 0.309 e. The number of rotatable bonds is 6. The number of anilines is 1. The van der Waals surface area contributed by atoms with E-state index in [-0.39, 0.29) is 18.1 Å². The van der Waals surface area contributed by atoms with E-state index in [0.29, 0.717) is 25.1 Å². The molecule has 1 amide bonds. The van der Waals surface area contributed by atoms with Crippen molar-refractivity contribution < 1.29 is 9.18 Å². The summed E-state index contributed by atoms with van der Waals surface area (Å²) in [5.74, 6) is 0.171. The van der Waals surface area contributed by atoms with E-state index in [9.17, 15) is 9.18 Å². The molecule has 0 radical (unpaired) electrons. The maximum Gasteiger partial charge on any atom is 0.229 e. The number of aryl methyl sites for hydroxylation is 4. The number of benzene rings is 3. The second kappa shape index (κ2) is 10.0. The molecule has 3 aromatic carbocycles. The van der Waals surface area contributed by atoms with Gasteiger partial charge in [-0.15, -0.1) is 0 Å². The minimum absolute atomic E-state index is 0.116. The number of carbonyl (C=O) groups is 1. The van der Waals surface area contributed by atoms with Gasteiger partial charge in [0.2, 0.25) is 5.91 Å². The lowest BCUT2D eigenvalue weighted by Crippen LogP contribution is -2.20. The van der Waals surface area contributed by atoms with Crippen molar-refractivity contribution in [2.45, 2.75) is 32.1 Å². The first-order valence-electron chi connectivity index (χ1n) is 11.3. The van der Waals surface area contributed by atoms with Crippen molar-refractivity contribution >= 4 is 34.3 Å². The first-order valence-corrected chi connectivity index (χ1v) is 12.4. The molecule has 1 aliphatic carbocycles. The normalized spacial score (nSPS) is 12.1. The predicted molar refractivity (Wildman–Crippen MR) is 140 cm³/mol. The smallest absolute Gasteiger partial charge is 0.229 e. The summed E-state index contributed by atoms with van der Waals surface area (Å²) in [4.78, 5) is 22.7. The highest BCUT2D eigenvalue weighted by atomic mass is 127. The van der Waals surface area contributed by atoms with Crippen molar-refractivity contribution in [3.05, 3.63) is 110 Å². The van der Waals surface area contributed by atoms with E-state index in [1.807, 2.05) is 42.5 Å². The molecular weight excluding hydrogens is 540 g/mol. The van der Waals surface area contributed by atoms with E-state index in [0.717, 1.165) is 43.8 Å². The van der Waals surface area contributed by atoms with Gasteiger partial charge in [0, 0.05) is 9.13 Å². The van der Waals surface area contributed by atoms with Gasteiger partial charge in [-0.1, -0.05) is 42.5 Å². The number of carbonyl (C=O) groups excluding carboxylic acids is 1. The zero-order chi connectivity index (χ0) is 23.5. The van der Waals surface area contributed by atoms with E-state index in [2.05, 4.69) is 40.0 Å². The Balaban J connectivity index is 1.46. The Labute approximate surface area is 211 Å². The molecular formula is C28H23FIN3O. The van der Waals surface area contributed by atoms with Crippen LogP contribution in [0.4, 0.5) is 10.2 Å². The third-order valence-electron chi connectivity index (χ3n) is 6.02. The summed E-state index contributed by atoms with van der Waals surface area (Å²) >= 11 is 2.25. The van der Waals surface area contributed by atoms with Crippen LogP contribution >= 0.6 is 22.6 Å². The van der Waals surface area contributed by atoms with Crippen LogP contribution in [-0.2, 0) is 36.9 Å². The zero-order valence-electron chi connectivity index (χ0n) is 18.5. The molecule has 170 valence electrons. The van der Waals surface area contributed by atoms with Gasteiger partial charge < -0.3 is 5.32 Å². The molecule has 0 bridgehead atoms. The van der Waals surface area contributed by atoms with Gasteiger partial charge in [-0.25, -0.2) is 14.4 Å². The standard InChI is InChI=1S/C28H23FIN3O/c29-21-10-13-23-20(17-21)9-15-24-27(23)31-25(14-8-18-4-2-1-3-5-18)28(32-24)33-26(34)16-19-6-11-22(30)12-7-19/h1-7,10-13,17H,8-9,14-16H2,(H,32,33,34). The summed E-state index contributed by atoms with van der Waals surface area (Å²) in [5, 5.41) is 3.02. The van der Waals surface area contributed by atoms with Gasteiger partial charge in [0.25, 0.3) is 0 Å². The van der Waals surface area contributed by atoms with Gasteiger partial charge in [0.1, 0.15) is 5.82 Å². The molecule has 0 saturated heterocycles. The van der Waals surface area contributed by atoms with E-state index in [1.54, 1.807) is 12.1 Å². The molecule has 1 aliphatic rings. The van der Waals surface area contributed by atoms with Crippen LogP contribution in [0, 0.1) is 9.39 Å². The minimum Gasteiger partial charge on any atom is -0.309 e. The summed E-state index contributed by atoms with van der Waals surface area (Å²) in [5.41, 5.74) is 6.40. The summed E-state index contributed by atoms with van der Waals surface area (Å²) in [6.45, 7) is 0. The number of nitrogens with one attached hydrogen (secondary N) is 1. The van der Waals surface area contributed by atoms with Crippen LogP contribution in [0.5, 0.6) is 0 Å². The molecule has 0 unspecified atom stereocenters. The SMILES string of the molecule is O=C(Cc1ccc(I)cc1)Nc1nc2c(nc1CCc1ccccc1)-c1ccc(F)cc1CC2. The zero-order valence-corrected chi connectivity index (χ0v) is 20.7. The highest BCUT2D eigenvalue weighted by Crippen LogP contribution is 2.33. The number of nitrogens with zero attached hydrogens (tertiary/aromatic N) is 2. The maximum atomic E-state index is 13.8. The summed E-state index contributed by atoms with van der Waals surface area (Å²) in [6, 6.07) is 22.9. The van der Waals surface area contributed by atoms with Crippen LogP contribution in [0.25, 0.3) is 11.3 Å². The second-order valence-electron chi connectivity index (χ2n) is 8.45. The molecule has 0 aliphatic heterocycles. The maximum absolute atomic E-state index is 13.8. The Morgan fingerprint density at radius 1 is 0.912 bits per heavy atom. The fraction of sp³-hybridized carbons (Fsp3) is 0.179. The highest BCUT2D eigenvalue weighted by Gasteiger charge is 2.23. The molecule has 0 spiro atoms. The van der Waals surface area contributed by atoms with Crippen LogP contribution in [0.3, 0.4) is 0 Å². The lowest BCUT2D eigenvalue weighted by Gasteiger charge is -2.21. The molecule has 4 nitrogen and oxygen atoms in total. The van der Waals surface area contributed by atoms with Crippen molar-refractivity contribution in [2.24, 2.45) is 0 Å². The Morgan fingerprint density at radius 3 is 2.50 bits per heavy atom. The van der Waals surface area contributed by atoms with Gasteiger partial charge in [-0.3, -0.25) is 4.79 Å². The Hall–Kier alpha value is -3.13. The fourth-order valence-electron chi connectivity index (χ4n) is 4.29. The Morgan fingerprint density at radius 2 is 1.71 bits per heavy atom. The number of hydrogen-bond donors (Lipinski definition) is 1. The first-order chi connectivity index (χ1) is 16.5. The lowest BCUT2D eigenvalue weighted by atomic mass is 9.91. The number of fused-ring (bicyclic) bond motifs is 3. The molecule has 34 heavy (non-hydrogen) atoms. The fourth-order valence-corrected chi connectivity index (χ4v) is 4.65. The van der Waals surface area contributed by atoms with Gasteiger partial charge in [-0.05, 0) is 95.3 Å². The third kappa shape index (κ3) is 5.17. The van der Waals surface area contributed by atoms with Gasteiger partial charge in [0.05, 0.1) is 23.5 Å². The first kappa shape index (κ1) is 22.7. The van der Waals surface area contributed by atoms with Crippen LogP contribution in [0.2, 0.25) is 0 Å². The third-order valence-corrected chi connectivity index (χ3v) is 6.74. The molecule has 4 aromatic rings. The molecule has 1 N–H and O–H groups in total. The monoisotopic (exact) mass is 563 g/mol. The summed E-state index contributed by atoms with van der Waals surface area (Å²) in [7, 11) is 0. The molecule has 5 rings (SSSR count). The second-order valence-corrected chi connectivity index (χ2v) is 9.70. The summed E-state index contributed by atoms with van der Waals surface area (Å²) < 4.78 is 14.9. The minimum atomic E-state index is -0.237. The number of aromatic nitrogens is 2. The van der Waals surface area contributed by atoms with Gasteiger partial charge >= 0.3 is 0 Å². The van der Waals surface area contributed by atoms with E-state index in [1.165, 1.54) is 11.6 Å². The molecule has 0 saturated carbocycles. The number of hydrogen-bond acceptors (Lipinski definition) is 3. The number of halogens is 2. The van der Waals surface area contributed by atoms with Crippen molar-refractivity contribution in [3.8, 4) is 11.3 Å². The summed E-state index contributed by atoms with van der Waals surface area (Å²) in [6.07, 6.45) is 3.06. The van der Waals surface area contributed by atoms with Crippen LogP contribution < -0.4 is 5.32 Å². The average molecular weight is 563 g/mol. The van der Waals surface area contributed by atoms with E-state index >= 15 is 0 Å². The van der Waals surface area contributed by atoms with Crippen LogP contribution in [0.1, 0.15) is 28.1 Å². The average Bonchev–Trinajstić information content (AvgIpc) is 2.84. The topological polar surface area (TPSA) is 54.9 Å². The van der Waals surface area contributed by atoms with E-state index in [4.69, 9.17) is 9.97 Å². The van der Waals surface area contributed by atoms with Crippen molar-refractivity contribution in [3.63, 3.8) is 0 Å². The molecule has 1 heterocycles. The molecule has 1 aromatic heterocycles. The quantitative estimate of drug-likeness (QED) is 0.295. The Bertz CT molecular complexity index is 1340. The van der Waals surface area contributed by atoms with Gasteiger partial charge in [-0.2, -0.15) is 0 Å². The van der Waals surface area contributed by atoms with E-state index < -0.39 is 0 Å². The van der Waals surface area contributed by atoms with Crippen LogP contribution in [-0.4, -0.2) is 15.9 Å². The lowest BCUT2D eigenvalue weighted by molar-refractivity contribution is -0.115. The molecule has 0 atom stereocenters. The molecule has 0 fully saturated rings. The highest BCUT2D eigenvalue weighted by molar-refractivity contribution is 14.1. The van der Waals surface area contributed by atoms with Crippen molar-refractivity contribution in [1.82, 2.24) is 9.97 Å². The molecule has 6 heteroatoms. The Kier molecular flexibility index (Phi) is 6.67. The van der Waals surface area contributed by atoms with Crippen molar-refractivity contribution in [1.29, 1.82) is 0 Å². The predicted octanol–water partition coefficient (Wildman–Crippen LogP) is 5.95.